The van der Waals surface area contributed by atoms with Crippen molar-refractivity contribution < 1.29 is 36.2 Å². The molecule has 43 heavy (non-hydrogen) atoms. The van der Waals surface area contributed by atoms with E-state index >= 15 is 0 Å². The summed E-state index contributed by atoms with van der Waals surface area (Å²) in [6.45, 7) is -1.68. The molecule has 1 aliphatic rings. The van der Waals surface area contributed by atoms with E-state index in [2.05, 4.69) is 20.2 Å². The van der Waals surface area contributed by atoms with Crippen molar-refractivity contribution in [3.8, 4) is 17.1 Å². The fraction of sp³-hybridized carbons (Fsp3) is 0.360. The van der Waals surface area contributed by atoms with Crippen molar-refractivity contribution in [1.29, 1.82) is 0 Å². The molecule has 1 aliphatic heterocycles. The summed E-state index contributed by atoms with van der Waals surface area (Å²) in [4.78, 5) is 35.0. The summed E-state index contributed by atoms with van der Waals surface area (Å²) < 4.78 is 82.3. The summed E-state index contributed by atoms with van der Waals surface area (Å²) >= 11 is 5.89. The molecule has 1 fully saturated rings. The molecule has 228 valence electrons. The smallest absolute Gasteiger partial charge is 0.382 e. The van der Waals surface area contributed by atoms with Crippen molar-refractivity contribution in [2.75, 3.05) is 6.54 Å². The highest BCUT2D eigenvalue weighted by Crippen LogP contribution is 2.34. The predicted molar refractivity (Wildman–Crippen MR) is 137 cm³/mol. The van der Waals surface area contributed by atoms with Crippen LogP contribution in [0, 0.1) is 0 Å². The summed E-state index contributed by atoms with van der Waals surface area (Å²) in [6.07, 6.45) is -10.2. The number of carbonyl (C=O) groups excluding carboxylic acids is 1. The number of aliphatic hydroxyl groups is 1. The molecule has 1 unspecified atom stereocenters. The van der Waals surface area contributed by atoms with Gasteiger partial charge in [0.25, 0.3) is 5.91 Å². The number of pyridine rings is 1. The molecule has 1 aromatic carbocycles. The van der Waals surface area contributed by atoms with Gasteiger partial charge in [0.1, 0.15) is 18.9 Å². The molecule has 4 heterocycles. The third-order valence-electron chi connectivity index (χ3n) is 6.72. The zero-order chi connectivity index (χ0) is 31.1. The number of carbonyl (C=O) groups is 1. The highest BCUT2D eigenvalue weighted by Gasteiger charge is 2.48. The monoisotopic (exact) mass is 630 g/mol. The number of nitrogens with zero attached hydrogens (tertiary/aromatic N) is 8. The fourth-order valence-corrected chi connectivity index (χ4v) is 4.78. The number of hydrogen-bond acceptors (Lipinski definition) is 7. The van der Waals surface area contributed by atoms with E-state index in [1.54, 1.807) is 0 Å². The second kappa shape index (κ2) is 11.4. The Morgan fingerprint density at radius 1 is 1.07 bits per heavy atom. The number of likely N-dealkylation sites (tertiary alicyclic amines) is 1. The molecule has 0 spiro atoms. The zero-order valence-corrected chi connectivity index (χ0v) is 22.6. The third-order valence-corrected chi connectivity index (χ3v) is 6.97. The Morgan fingerprint density at radius 2 is 1.79 bits per heavy atom. The standard InChI is InChI=1S/C25H21ClF6N8O3/c26-15-7-5-14(6-8-15)21-36-39(23(43)38(21)11-18(41)25(30,31)32)12-19-34-13-40(35-19)16-3-1-9-33-20(16)22(42)37-10-2-4-17(37)24(27,28)29/h1,3,5-9,13,17-18,41H,2,4,10-12H2/t17-,18?/m0/s1. The molecule has 0 aliphatic carbocycles. The van der Waals surface area contributed by atoms with Crippen LogP contribution >= 0.6 is 11.6 Å². The average molecular weight is 631 g/mol. The molecule has 4 aromatic rings. The molecule has 0 radical (unpaired) electrons. The molecule has 18 heteroatoms. The molecule has 11 nitrogen and oxygen atoms in total. The second-order valence-electron chi connectivity index (χ2n) is 9.61. The molecule has 1 amide bonds. The number of amides is 1. The Balaban J connectivity index is 1.46. The first-order chi connectivity index (χ1) is 20.2. The van der Waals surface area contributed by atoms with Gasteiger partial charge in [-0.25, -0.2) is 24.1 Å². The van der Waals surface area contributed by atoms with Crippen LogP contribution in [-0.2, 0) is 13.1 Å². The molecular formula is C25H21ClF6N8O3. The maximum atomic E-state index is 13.5. The van der Waals surface area contributed by atoms with Gasteiger partial charge in [-0.1, -0.05) is 11.6 Å². The van der Waals surface area contributed by atoms with Crippen molar-refractivity contribution in [3.63, 3.8) is 0 Å². The van der Waals surface area contributed by atoms with Gasteiger partial charge in [-0.15, -0.1) is 10.2 Å². The quantitative estimate of drug-likeness (QED) is 0.310. The normalized spacial score (nSPS) is 16.6. The first-order valence-corrected chi connectivity index (χ1v) is 13.0. The zero-order valence-electron chi connectivity index (χ0n) is 21.8. The number of benzene rings is 1. The van der Waals surface area contributed by atoms with Crippen LogP contribution < -0.4 is 5.69 Å². The molecule has 1 saturated heterocycles. The Labute approximate surface area is 243 Å². The van der Waals surface area contributed by atoms with E-state index in [0.717, 1.165) is 15.7 Å². The van der Waals surface area contributed by atoms with Crippen molar-refractivity contribution >= 4 is 17.5 Å². The number of aromatic nitrogens is 7. The third kappa shape index (κ3) is 6.27. The summed E-state index contributed by atoms with van der Waals surface area (Å²) in [6, 6.07) is 6.64. The molecule has 1 N–H and O–H groups in total. The van der Waals surface area contributed by atoms with Crippen LogP contribution in [0.3, 0.4) is 0 Å². The minimum absolute atomic E-state index is 0.0205. The van der Waals surface area contributed by atoms with Gasteiger partial charge in [-0.2, -0.15) is 26.3 Å². The van der Waals surface area contributed by atoms with Gasteiger partial charge in [-0.3, -0.25) is 9.36 Å². The maximum Gasteiger partial charge on any atom is 0.416 e. The topological polar surface area (TPSA) is 124 Å². The van der Waals surface area contributed by atoms with E-state index in [9.17, 15) is 41.0 Å². The number of rotatable bonds is 7. The van der Waals surface area contributed by atoms with Crippen LogP contribution in [0.4, 0.5) is 26.3 Å². The van der Waals surface area contributed by atoms with E-state index < -0.39 is 49.2 Å². The number of halogens is 7. The molecule has 0 bridgehead atoms. The number of alkyl halides is 6. The molecule has 0 saturated carbocycles. The highest BCUT2D eigenvalue weighted by molar-refractivity contribution is 6.30. The van der Waals surface area contributed by atoms with Crippen molar-refractivity contribution in [1.82, 2.24) is 39.0 Å². The second-order valence-corrected chi connectivity index (χ2v) is 10.0. The molecular weight excluding hydrogens is 610 g/mol. The first kappa shape index (κ1) is 30.2. The molecule has 3 aromatic heterocycles. The predicted octanol–water partition coefficient (Wildman–Crippen LogP) is 3.48. The number of hydrogen-bond donors (Lipinski definition) is 1. The summed E-state index contributed by atoms with van der Waals surface area (Å²) in [5, 5.41) is 18.3. The SMILES string of the molecule is O=C(c1ncccc1-n1cnc(Cn2nc(-c3ccc(Cl)cc3)n(CC(O)C(F)(F)F)c2=O)n1)N1CCC[C@H]1C(F)(F)F. The van der Waals surface area contributed by atoms with Gasteiger partial charge in [0.2, 0.25) is 0 Å². The Bertz CT molecular complexity index is 1680. The lowest BCUT2D eigenvalue weighted by molar-refractivity contribution is -0.207. The van der Waals surface area contributed by atoms with Gasteiger partial charge >= 0.3 is 18.0 Å². The maximum absolute atomic E-state index is 13.5. The van der Waals surface area contributed by atoms with Crippen LogP contribution in [0.2, 0.25) is 5.02 Å². The van der Waals surface area contributed by atoms with E-state index in [4.69, 9.17) is 11.6 Å². The Hall–Kier alpha value is -4.25. The first-order valence-electron chi connectivity index (χ1n) is 12.7. The van der Waals surface area contributed by atoms with Crippen molar-refractivity contribution in [3.05, 3.63) is 75.9 Å². The van der Waals surface area contributed by atoms with E-state index in [-0.39, 0.29) is 48.0 Å². The minimum Gasteiger partial charge on any atom is -0.382 e. The van der Waals surface area contributed by atoms with Crippen LogP contribution in [0.15, 0.2) is 53.7 Å². The largest absolute Gasteiger partial charge is 0.416 e. The highest BCUT2D eigenvalue weighted by atomic mass is 35.5. The van der Waals surface area contributed by atoms with Gasteiger partial charge < -0.3 is 10.0 Å². The number of aliphatic hydroxyl groups excluding tert-OH is 1. The van der Waals surface area contributed by atoms with E-state index in [1.165, 1.54) is 42.6 Å². The summed E-state index contributed by atoms with van der Waals surface area (Å²) in [7, 11) is 0. The van der Waals surface area contributed by atoms with Crippen molar-refractivity contribution in [2.45, 2.75) is 50.4 Å². The van der Waals surface area contributed by atoms with Crippen molar-refractivity contribution in [2.24, 2.45) is 0 Å². The fourth-order valence-electron chi connectivity index (χ4n) is 4.65. The van der Waals surface area contributed by atoms with Crippen LogP contribution in [0.25, 0.3) is 17.1 Å². The van der Waals surface area contributed by atoms with Crippen LogP contribution in [-0.4, -0.2) is 81.1 Å². The minimum atomic E-state index is -5.01. The Kier molecular flexibility index (Phi) is 8.04. The summed E-state index contributed by atoms with van der Waals surface area (Å²) in [5.41, 5.74) is -1.05. The average Bonchev–Trinajstić information content (AvgIpc) is 3.69. The van der Waals surface area contributed by atoms with E-state index in [0.29, 0.717) is 14.5 Å². The summed E-state index contributed by atoms with van der Waals surface area (Å²) in [5.74, 6) is -1.20. The van der Waals surface area contributed by atoms with Gasteiger partial charge in [0, 0.05) is 23.3 Å². The molecule has 2 atom stereocenters. The van der Waals surface area contributed by atoms with Gasteiger partial charge in [0.05, 0.1) is 12.2 Å². The lowest BCUT2D eigenvalue weighted by Gasteiger charge is -2.26. The lowest BCUT2D eigenvalue weighted by atomic mass is 10.2. The van der Waals surface area contributed by atoms with Crippen LogP contribution in [0.1, 0.15) is 29.2 Å². The lowest BCUT2D eigenvalue weighted by Crippen LogP contribution is -2.45. The van der Waals surface area contributed by atoms with E-state index in [1.807, 2.05) is 0 Å². The van der Waals surface area contributed by atoms with Crippen LogP contribution in [0.5, 0.6) is 0 Å². The van der Waals surface area contributed by atoms with Gasteiger partial charge in [-0.05, 0) is 49.2 Å². The molecule has 5 rings (SSSR count). The van der Waals surface area contributed by atoms with Gasteiger partial charge in [0.15, 0.2) is 23.4 Å². The Morgan fingerprint density at radius 3 is 2.47 bits per heavy atom.